The molecule has 5 nitrogen and oxygen atoms in total. The molecule has 2 aromatic carbocycles. The van der Waals surface area contributed by atoms with E-state index in [0.717, 1.165) is 5.56 Å². The van der Waals surface area contributed by atoms with E-state index < -0.39 is 5.97 Å². The van der Waals surface area contributed by atoms with Gasteiger partial charge < -0.3 is 18.9 Å². The van der Waals surface area contributed by atoms with Crippen molar-refractivity contribution in [2.45, 2.75) is 0 Å². The van der Waals surface area contributed by atoms with E-state index in [0.29, 0.717) is 35.5 Å². The van der Waals surface area contributed by atoms with Gasteiger partial charge in [0.1, 0.15) is 32.2 Å². The SMILES string of the molecule is O=C(/C=C/c1ccc2c(c1)OCCO2)OCCOc1ccccc1Cl. The van der Waals surface area contributed by atoms with Gasteiger partial charge in [0.05, 0.1) is 5.02 Å². The summed E-state index contributed by atoms with van der Waals surface area (Å²) in [7, 11) is 0. The fraction of sp³-hybridized carbons (Fsp3) is 0.211. The van der Waals surface area contributed by atoms with Gasteiger partial charge in [-0.15, -0.1) is 0 Å². The Balaban J connectivity index is 1.44. The van der Waals surface area contributed by atoms with Crippen LogP contribution < -0.4 is 14.2 Å². The van der Waals surface area contributed by atoms with Crippen molar-refractivity contribution in [1.82, 2.24) is 0 Å². The van der Waals surface area contributed by atoms with E-state index >= 15 is 0 Å². The summed E-state index contributed by atoms with van der Waals surface area (Å²) in [6.07, 6.45) is 3.02. The number of esters is 1. The number of para-hydroxylation sites is 1. The molecule has 0 radical (unpaired) electrons. The summed E-state index contributed by atoms with van der Waals surface area (Å²) < 4.78 is 21.5. The lowest BCUT2D eigenvalue weighted by Gasteiger charge is -2.18. The summed E-state index contributed by atoms with van der Waals surface area (Å²) in [6.45, 7) is 1.43. The summed E-state index contributed by atoms with van der Waals surface area (Å²) >= 11 is 5.97. The molecule has 1 aliphatic rings. The molecule has 2 aromatic rings. The lowest BCUT2D eigenvalue weighted by Crippen LogP contribution is -2.15. The Kier molecular flexibility index (Phi) is 5.80. The Bertz CT molecular complexity index is 772. The Morgan fingerprint density at radius 3 is 2.72 bits per heavy atom. The van der Waals surface area contributed by atoms with Gasteiger partial charge in [-0.25, -0.2) is 4.79 Å². The number of hydrogen-bond acceptors (Lipinski definition) is 5. The summed E-state index contributed by atoms with van der Waals surface area (Å²) in [5.41, 5.74) is 0.827. The Morgan fingerprint density at radius 2 is 1.88 bits per heavy atom. The molecule has 1 aliphatic heterocycles. The molecule has 6 heteroatoms. The molecule has 0 saturated heterocycles. The van der Waals surface area contributed by atoms with Crippen LogP contribution in [0, 0.1) is 0 Å². The van der Waals surface area contributed by atoms with Crippen LogP contribution >= 0.6 is 11.6 Å². The van der Waals surface area contributed by atoms with Gasteiger partial charge in [0.25, 0.3) is 0 Å². The number of hydrogen-bond donors (Lipinski definition) is 0. The molecule has 0 N–H and O–H groups in total. The zero-order valence-corrected chi connectivity index (χ0v) is 14.2. The first-order valence-corrected chi connectivity index (χ1v) is 8.22. The Hall–Kier alpha value is -2.66. The van der Waals surface area contributed by atoms with Crippen LogP contribution in [0.15, 0.2) is 48.5 Å². The van der Waals surface area contributed by atoms with Gasteiger partial charge in [0, 0.05) is 6.08 Å². The molecule has 0 saturated carbocycles. The third-order valence-corrected chi connectivity index (χ3v) is 3.71. The molecular formula is C19H17ClO5. The zero-order valence-electron chi connectivity index (χ0n) is 13.4. The number of carbonyl (C=O) groups excluding carboxylic acids is 1. The second-order valence-electron chi connectivity index (χ2n) is 5.18. The first kappa shape index (κ1) is 17.2. The first-order chi connectivity index (χ1) is 12.2. The molecule has 3 rings (SSSR count). The molecule has 1 heterocycles. The standard InChI is InChI=1S/C19H17ClO5/c20-15-3-1-2-4-16(15)22-11-12-25-19(21)8-6-14-5-7-17-18(13-14)24-10-9-23-17/h1-8,13H,9-12H2/b8-6+. The van der Waals surface area contributed by atoms with Crippen LogP contribution in [0.3, 0.4) is 0 Å². The number of halogens is 1. The van der Waals surface area contributed by atoms with Crippen LogP contribution in [0.2, 0.25) is 5.02 Å². The highest BCUT2D eigenvalue weighted by Crippen LogP contribution is 2.31. The average Bonchev–Trinajstić information content (AvgIpc) is 2.64. The van der Waals surface area contributed by atoms with Crippen molar-refractivity contribution in [3.63, 3.8) is 0 Å². The van der Waals surface area contributed by atoms with Gasteiger partial charge in [-0.3, -0.25) is 0 Å². The van der Waals surface area contributed by atoms with Crippen molar-refractivity contribution in [3.05, 3.63) is 59.1 Å². The van der Waals surface area contributed by atoms with Crippen LogP contribution in [-0.2, 0) is 9.53 Å². The number of fused-ring (bicyclic) bond motifs is 1. The lowest BCUT2D eigenvalue weighted by atomic mass is 10.2. The van der Waals surface area contributed by atoms with Crippen LogP contribution in [0.4, 0.5) is 0 Å². The third kappa shape index (κ3) is 4.90. The predicted octanol–water partition coefficient (Wildman–Crippen LogP) is 3.75. The quantitative estimate of drug-likeness (QED) is 0.446. The second-order valence-corrected chi connectivity index (χ2v) is 5.59. The predicted molar refractivity (Wildman–Crippen MR) is 94.4 cm³/mol. The maximum atomic E-state index is 11.7. The van der Waals surface area contributed by atoms with E-state index in [2.05, 4.69) is 0 Å². The highest BCUT2D eigenvalue weighted by molar-refractivity contribution is 6.32. The highest BCUT2D eigenvalue weighted by Gasteiger charge is 2.10. The van der Waals surface area contributed by atoms with Crippen molar-refractivity contribution in [1.29, 1.82) is 0 Å². The highest BCUT2D eigenvalue weighted by atomic mass is 35.5. The summed E-state index contributed by atoms with van der Waals surface area (Å²) in [5, 5.41) is 0.521. The minimum Gasteiger partial charge on any atom is -0.488 e. The van der Waals surface area contributed by atoms with E-state index in [4.69, 9.17) is 30.5 Å². The second kappa shape index (κ2) is 8.44. The maximum Gasteiger partial charge on any atom is 0.330 e. The normalized spacial score (nSPS) is 12.8. The van der Waals surface area contributed by atoms with Gasteiger partial charge in [-0.2, -0.15) is 0 Å². The monoisotopic (exact) mass is 360 g/mol. The topological polar surface area (TPSA) is 54.0 Å². The minimum atomic E-state index is -0.447. The van der Waals surface area contributed by atoms with Crippen LogP contribution in [0.25, 0.3) is 6.08 Å². The molecule has 0 aromatic heterocycles. The maximum absolute atomic E-state index is 11.7. The molecule has 0 aliphatic carbocycles. The largest absolute Gasteiger partial charge is 0.488 e. The Morgan fingerprint density at radius 1 is 1.08 bits per heavy atom. The van der Waals surface area contributed by atoms with Gasteiger partial charge in [-0.1, -0.05) is 29.8 Å². The summed E-state index contributed by atoms with van der Waals surface area (Å²) in [6, 6.07) is 12.6. The lowest BCUT2D eigenvalue weighted by molar-refractivity contribution is -0.138. The molecule has 0 fully saturated rings. The van der Waals surface area contributed by atoms with Crippen molar-refractivity contribution in [2.24, 2.45) is 0 Å². The zero-order chi connectivity index (χ0) is 17.5. The number of rotatable bonds is 6. The number of benzene rings is 2. The molecular weight excluding hydrogens is 344 g/mol. The van der Waals surface area contributed by atoms with E-state index in [1.54, 1.807) is 18.2 Å². The van der Waals surface area contributed by atoms with Crippen molar-refractivity contribution >= 4 is 23.6 Å². The van der Waals surface area contributed by atoms with Crippen molar-refractivity contribution in [3.8, 4) is 17.2 Å². The van der Waals surface area contributed by atoms with Gasteiger partial charge in [0.15, 0.2) is 11.5 Å². The molecule has 0 unspecified atom stereocenters. The average molecular weight is 361 g/mol. The summed E-state index contributed by atoms with van der Waals surface area (Å²) in [4.78, 5) is 11.7. The first-order valence-electron chi connectivity index (χ1n) is 7.84. The summed E-state index contributed by atoms with van der Waals surface area (Å²) in [5.74, 6) is 1.50. The molecule has 25 heavy (non-hydrogen) atoms. The van der Waals surface area contributed by atoms with Crippen LogP contribution in [0.5, 0.6) is 17.2 Å². The molecule has 0 bridgehead atoms. The van der Waals surface area contributed by atoms with E-state index in [9.17, 15) is 4.79 Å². The molecule has 0 atom stereocenters. The third-order valence-electron chi connectivity index (χ3n) is 3.40. The molecule has 0 amide bonds. The van der Waals surface area contributed by atoms with E-state index in [1.807, 2.05) is 30.3 Å². The van der Waals surface area contributed by atoms with Crippen LogP contribution in [-0.4, -0.2) is 32.4 Å². The number of ether oxygens (including phenoxy) is 4. The minimum absolute atomic E-state index is 0.134. The van der Waals surface area contributed by atoms with E-state index in [-0.39, 0.29) is 13.2 Å². The molecule has 0 spiro atoms. The van der Waals surface area contributed by atoms with Gasteiger partial charge in [-0.05, 0) is 35.9 Å². The fourth-order valence-electron chi connectivity index (χ4n) is 2.23. The number of carbonyl (C=O) groups is 1. The smallest absolute Gasteiger partial charge is 0.330 e. The van der Waals surface area contributed by atoms with Crippen molar-refractivity contribution < 1.29 is 23.7 Å². The van der Waals surface area contributed by atoms with E-state index in [1.165, 1.54) is 6.08 Å². The van der Waals surface area contributed by atoms with Crippen LogP contribution in [0.1, 0.15) is 5.56 Å². The van der Waals surface area contributed by atoms with Crippen molar-refractivity contribution in [2.75, 3.05) is 26.4 Å². The van der Waals surface area contributed by atoms with Gasteiger partial charge in [0.2, 0.25) is 0 Å². The van der Waals surface area contributed by atoms with Gasteiger partial charge >= 0.3 is 5.97 Å². The Labute approximate surface area is 150 Å². The fourth-order valence-corrected chi connectivity index (χ4v) is 2.42. The molecule has 130 valence electrons.